The summed E-state index contributed by atoms with van der Waals surface area (Å²) in [5, 5.41) is 4.54. The van der Waals surface area contributed by atoms with E-state index in [0.717, 1.165) is 27.5 Å². The molecule has 7 heteroatoms. The van der Waals surface area contributed by atoms with Crippen LogP contribution in [0.4, 0.5) is 5.69 Å². The topological polar surface area (TPSA) is 59.3 Å². The third kappa shape index (κ3) is 3.69. The van der Waals surface area contributed by atoms with Gasteiger partial charge in [0.1, 0.15) is 16.3 Å². The van der Waals surface area contributed by atoms with E-state index < -0.39 is 0 Å². The maximum absolute atomic E-state index is 13.0. The number of nitrogens with one attached hydrogen (secondary N) is 1. The molecule has 1 amide bonds. The fourth-order valence-corrected chi connectivity index (χ4v) is 4.82. The molecule has 0 bridgehead atoms. The predicted octanol–water partition coefficient (Wildman–Crippen LogP) is 6.39. The van der Waals surface area contributed by atoms with Gasteiger partial charge in [-0.1, -0.05) is 24.6 Å². The van der Waals surface area contributed by atoms with Gasteiger partial charge in [0.15, 0.2) is 0 Å². The summed E-state index contributed by atoms with van der Waals surface area (Å²) in [7, 11) is 0. The smallest absolute Gasteiger partial charge is 0.274 e. The number of benzene rings is 2. The third-order valence-electron chi connectivity index (χ3n) is 5.14. The molecule has 0 spiro atoms. The second-order valence-corrected chi connectivity index (χ2v) is 8.82. The van der Waals surface area contributed by atoms with Crippen LogP contribution in [-0.4, -0.2) is 20.3 Å². The van der Waals surface area contributed by atoms with E-state index in [2.05, 4.69) is 29.4 Å². The monoisotopic (exact) mass is 446 g/mol. The molecule has 0 radical (unpaired) electrons. The molecule has 31 heavy (non-hydrogen) atoms. The molecule has 0 unspecified atom stereocenters. The first-order valence-electron chi connectivity index (χ1n) is 9.97. The molecule has 2 aromatic carbocycles. The molecule has 1 N–H and O–H groups in total. The highest BCUT2D eigenvalue weighted by molar-refractivity contribution is 7.21. The Kier molecular flexibility index (Phi) is 4.96. The van der Waals surface area contributed by atoms with E-state index in [1.54, 1.807) is 34.1 Å². The second-order valence-electron chi connectivity index (χ2n) is 7.36. The van der Waals surface area contributed by atoms with E-state index in [9.17, 15) is 4.79 Å². The Morgan fingerprint density at radius 1 is 1.10 bits per heavy atom. The number of fused-ring (bicyclic) bond motifs is 2. The molecule has 0 aliphatic carbocycles. The van der Waals surface area contributed by atoms with Crippen LogP contribution in [0, 0.1) is 6.92 Å². The van der Waals surface area contributed by atoms with Gasteiger partial charge in [0.2, 0.25) is 0 Å². The zero-order valence-electron chi connectivity index (χ0n) is 17.0. The lowest BCUT2D eigenvalue weighted by atomic mass is 10.2. The highest BCUT2D eigenvalue weighted by Crippen LogP contribution is 2.31. The summed E-state index contributed by atoms with van der Waals surface area (Å²) >= 11 is 7.74. The van der Waals surface area contributed by atoms with Crippen LogP contribution < -0.4 is 5.32 Å². The highest BCUT2D eigenvalue weighted by atomic mass is 35.5. The van der Waals surface area contributed by atoms with Gasteiger partial charge >= 0.3 is 0 Å². The van der Waals surface area contributed by atoms with Crippen molar-refractivity contribution in [1.82, 2.24) is 14.4 Å². The predicted molar refractivity (Wildman–Crippen MR) is 127 cm³/mol. The van der Waals surface area contributed by atoms with Crippen LogP contribution in [0.5, 0.6) is 0 Å². The minimum atomic E-state index is -0.199. The number of hydrogen-bond acceptors (Lipinski definition) is 4. The lowest BCUT2D eigenvalue weighted by Crippen LogP contribution is -2.16. The number of pyridine rings is 1. The zero-order valence-corrected chi connectivity index (χ0v) is 18.6. The minimum Gasteiger partial charge on any atom is -0.321 e. The van der Waals surface area contributed by atoms with Gasteiger partial charge in [-0.05, 0) is 61.4 Å². The van der Waals surface area contributed by atoms with Crippen molar-refractivity contribution < 1.29 is 4.79 Å². The van der Waals surface area contributed by atoms with Crippen molar-refractivity contribution >= 4 is 50.4 Å². The Bertz CT molecular complexity index is 1440. The summed E-state index contributed by atoms with van der Waals surface area (Å²) in [5.74, 6) is -0.199. The minimum absolute atomic E-state index is 0.199. The molecule has 0 aliphatic rings. The standard InChI is InChI=1S/C24H19ClN4OS/c1-3-18-22(29-11-10-16(25)13-21(29)27-18)23(30)26-17-7-5-15(6-8-17)24-28-19-9-4-14(2)12-20(19)31-24/h4-13H,3H2,1-2H3,(H,26,30). The fourth-order valence-electron chi connectivity index (χ4n) is 3.60. The van der Waals surface area contributed by atoms with Crippen LogP contribution in [0.15, 0.2) is 60.8 Å². The number of halogens is 1. The Morgan fingerprint density at radius 3 is 2.68 bits per heavy atom. The van der Waals surface area contributed by atoms with Gasteiger partial charge in [-0.25, -0.2) is 9.97 Å². The quantitative estimate of drug-likeness (QED) is 0.348. The summed E-state index contributed by atoms with van der Waals surface area (Å²) in [6, 6.07) is 17.5. The number of amides is 1. The van der Waals surface area contributed by atoms with Crippen molar-refractivity contribution in [3.8, 4) is 10.6 Å². The number of anilines is 1. The summed E-state index contributed by atoms with van der Waals surface area (Å²) < 4.78 is 2.95. The Hall–Kier alpha value is -3.22. The van der Waals surface area contributed by atoms with Crippen LogP contribution in [0.1, 0.15) is 28.7 Å². The molecular weight excluding hydrogens is 428 g/mol. The molecule has 3 aromatic heterocycles. The summed E-state index contributed by atoms with van der Waals surface area (Å²) in [5.41, 5.74) is 5.90. The average molecular weight is 447 g/mol. The largest absolute Gasteiger partial charge is 0.321 e. The van der Waals surface area contributed by atoms with Crippen LogP contribution >= 0.6 is 22.9 Å². The molecule has 154 valence electrons. The van der Waals surface area contributed by atoms with E-state index in [1.807, 2.05) is 37.3 Å². The number of thiazole rings is 1. The van der Waals surface area contributed by atoms with E-state index in [1.165, 1.54) is 10.3 Å². The van der Waals surface area contributed by atoms with Gasteiger partial charge in [0.25, 0.3) is 5.91 Å². The first-order valence-corrected chi connectivity index (χ1v) is 11.2. The van der Waals surface area contributed by atoms with Crippen molar-refractivity contribution in [1.29, 1.82) is 0 Å². The van der Waals surface area contributed by atoms with Crippen molar-refractivity contribution in [3.05, 3.63) is 82.8 Å². The molecule has 0 fully saturated rings. The van der Waals surface area contributed by atoms with E-state index in [0.29, 0.717) is 22.8 Å². The van der Waals surface area contributed by atoms with Gasteiger partial charge in [0.05, 0.1) is 15.9 Å². The molecule has 0 aliphatic heterocycles. The van der Waals surface area contributed by atoms with Crippen molar-refractivity contribution in [2.75, 3.05) is 5.32 Å². The number of hydrogen-bond donors (Lipinski definition) is 1. The number of aromatic nitrogens is 3. The number of nitrogens with zero attached hydrogens (tertiary/aromatic N) is 3. The molecule has 5 aromatic rings. The summed E-state index contributed by atoms with van der Waals surface area (Å²) in [4.78, 5) is 22.3. The Balaban J connectivity index is 1.42. The third-order valence-corrected chi connectivity index (χ3v) is 6.45. The zero-order chi connectivity index (χ0) is 21.5. The van der Waals surface area contributed by atoms with Gasteiger partial charge < -0.3 is 5.32 Å². The molecular formula is C24H19ClN4OS. The normalized spacial score (nSPS) is 11.3. The fraction of sp³-hybridized carbons (Fsp3) is 0.125. The molecule has 0 saturated heterocycles. The Labute approximate surface area is 188 Å². The number of imidazole rings is 1. The number of aryl methyl sites for hydroxylation is 2. The molecule has 5 rings (SSSR count). The highest BCUT2D eigenvalue weighted by Gasteiger charge is 2.18. The lowest BCUT2D eigenvalue weighted by Gasteiger charge is -2.07. The van der Waals surface area contributed by atoms with Crippen molar-refractivity contribution in [2.24, 2.45) is 0 Å². The molecule has 0 atom stereocenters. The van der Waals surface area contributed by atoms with Gasteiger partial charge in [-0.15, -0.1) is 11.3 Å². The van der Waals surface area contributed by atoms with Crippen LogP contribution in [0.25, 0.3) is 26.4 Å². The van der Waals surface area contributed by atoms with Gasteiger partial charge in [-0.2, -0.15) is 0 Å². The van der Waals surface area contributed by atoms with Gasteiger partial charge in [0, 0.05) is 28.5 Å². The second kappa shape index (κ2) is 7.80. The SMILES string of the molecule is CCc1nc2cc(Cl)ccn2c1C(=O)Nc1ccc(-c2nc3ccc(C)cc3s2)cc1. The average Bonchev–Trinajstić information content (AvgIpc) is 3.34. The lowest BCUT2D eigenvalue weighted by molar-refractivity contribution is 0.102. The first-order chi connectivity index (χ1) is 15.0. The number of carbonyl (C=O) groups excluding carboxylic acids is 1. The number of rotatable bonds is 4. The van der Waals surface area contributed by atoms with E-state index in [4.69, 9.17) is 16.6 Å². The van der Waals surface area contributed by atoms with E-state index >= 15 is 0 Å². The van der Waals surface area contributed by atoms with E-state index in [-0.39, 0.29) is 5.91 Å². The van der Waals surface area contributed by atoms with Crippen molar-refractivity contribution in [2.45, 2.75) is 20.3 Å². The molecule has 5 nitrogen and oxygen atoms in total. The maximum Gasteiger partial charge on any atom is 0.274 e. The Morgan fingerprint density at radius 2 is 1.90 bits per heavy atom. The van der Waals surface area contributed by atoms with Crippen molar-refractivity contribution in [3.63, 3.8) is 0 Å². The van der Waals surface area contributed by atoms with Crippen LogP contribution in [0.2, 0.25) is 5.02 Å². The van der Waals surface area contributed by atoms with Crippen LogP contribution in [0.3, 0.4) is 0 Å². The maximum atomic E-state index is 13.0. The number of carbonyl (C=O) groups is 1. The molecule has 3 heterocycles. The van der Waals surface area contributed by atoms with Crippen LogP contribution in [-0.2, 0) is 6.42 Å². The molecule has 0 saturated carbocycles. The first kappa shape index (κ1) is 19.7. The summed E-state index contributed by atoms with van der Waals surface area (Å²) in [6.07, 6.45) is 2.43. The summed E-state index contributed by atoms with van der Waals surface area (Å²) in [6.45, 7) is 4.06. The van der Waals surface area contributed by atoms with Gasteiger partial charge in [-0.3, -0.25) is 9.20 Å².